The van der Waals surface area contributed by atoms with Gasteiger partial charge < -0.3 is 26.4 Å². The molecule has 1 aliphatic rings. The number of carboxylic acids is 1. The maximum absolute atomic E-state index is 11.8. The van der Waals surface area contributed by atoms with Crippen LogP contribution in [-0.2, 0) is 14.4 Å². The fourth-order valence-corrected chi connectivity index (χ4v) is 1.72. The van der Waals surface area contributed by atoms with E-state index in [1.807, 2.05) is 0 Å². The minimum Gasteiger partial charge on any atom is -0.481 e. The van der Waals surface area contributed by atoms with Crippen molar-refractivity contribution >= 4 is 23.8 Å². The van der Waals surface area contributed by atoms with Crippen molar-refractivity contribution in [3.8, 4) is 0 Å². The molecule has 1 saturated heterocycles. The lowest BCUT2D eigenvalue weighted by Gasteiger charge is -2.34. The topological polar surface area (TPSA) is 142 Å². The van der Waals surface area contributed by atoms with Crippen LogP contribution < -0.4 is 16.4 Å². The van der Waals surface area contributed by atoms with Crippen molar-refractivity contribution in [2.75, 3.05) is 19.6 Å². The monoisotopic (exact) mass is 272 g/mol. The minimum atomic E-state index is -1.17. The van der Waals surface area contributed by atoms with Gasteiger partial charge in [-0.1, -0.05) is 0 Å². The Morgan fingerprint density at radius 3 is 2.74 bits per heavy atom. The van der Waals surface area contributed by atoms with E-state index in [1.54, 1.807) is 0 Å². The first kappa shape index (κ1) is 14.7. The van der Waals surface area contributed by atoms with E-state index in [-0.39, 0.29) is 26.1 Å². The first-order chi connectivity index (χ1) is 8.91. The standard InChI is InChI=1S/C10H16N4O5/c11-7(15)1-2-13-10(19)14-4-3-12-9(18)6(14)5-8(16)17/h6H,1-5H2,(H2,11,15)(H,12,18)(H,13,19)(H,16,17). The van der Waals surface area contributed by atoms with Crippen LogP contribution in [0.5, 0.6) is 0 Å². The van der Waals surface area contributed by atoms with Gasteiger partial charge in [0.05, 0.1) is 6.42 Å². The molecule has 0 aromatic heterocycles. The van der Waals surface area contributed by atoms with Crippen molar-refractivity contribution in [2.24, 2.45) is 5.73 Å². The van der Waals surface area contributed by atoms with E-state index in [9.17, 15) is 19.2 Å². The minimum absolute atomic E-state index is 0.0185. The number of carbonyl (C=O) groups is 4. The van der Waals surface area contributed by atoms with Gasteiger partial charge in [0, 0.05) is 26.1 Å². The summed E-state index contributed by atoms with van der Waals surface area (Å²) in [7, 11) is 0. The Hall–Kier alpha value is -2.32. The summed E-state index contributed by atoms with van der Waals surface area (Å²) in [5.41, 5.74) is 4.93. The van der Waals surface area contributed by atoms with Gasteiger partial charge >= 0.3 is 12.0 Å². The third kappa shape index (κ3) is 4.45. The first-order valence-corrected chi connectivity index (χ1v) is 5.74. The van der Waals surface area contributed by atoms with E-state index >= 15 is 0 Å². The van der Waals surface area contributed by atoms with Crippen LogP contribution in [0, 0.1) is 0 Å². The molecule has 0 aromatic rings. The number of rotatable bonds is 5. The van der Waals surface area contributed by atoms with Crippen LogP contribution in [0.1, 0.15) is 12.8 Å². The van der Waals surface area contributed by atoms with Gasteiger partial charge in [0.15, 0.2) is 0 Å². The largest absolute Gasteiger partial charge is 0.481 e. The van der Waals surface area contributed by atoms with E-state index in [4.69, 9.17) is 10.8 Å². The average Bonchev–Trinajstić information content (AvgIpc) is 2.30. The number of amides is 4. The molecule has 1 rings (SSSR count). The average molecular weight is 272 g/mol. The molecule has 0 aliphatic carbocycles. The summed E-state index contributed by atoms with van der Waals surface area (Å²) in [6, 6.07) is -1.62. The highest BCUT2D eigenvalue weighted by Gasteiger charge is 2.34. The summed E-state index contributed by atoms with van der Waals surface area (Å²) < 4.78 is 0. The Bertz CT molecular complexity index is 397. The molecule has 4 amide bonds. The predicted octanol–water partition coefficient (Wildman–Crippen LogP) is -2.15. The van der Waals surface area contributed by atoms with Crippen LogP contribution in [0.15, 0.2) is 0 Å². The van der Waals surface area contributed by atoms with E-state index in [1.165, 1.54) is 0 Å². The number of aliphatic carboxylic acids is 1. The van der Waals surface area contributed by atoms with Gasteiger partial charge in [-0.25, -0.2) is 4.79 Å². The summed E-state index contributed by atoms with van der Waals surface area (Å²) >= 11 is 0. The SMILES string of the molecule is NC(=O)CCNC(=O)N1CCNC(=O)C1CC(=O)O. The van der Waals surface area contributed by atoms with Crippen molar-refractivity contribution in [1.82, 2.24) is 15.5 Å². The van der Waals surface area contributed by atoms with Crippen molar-refractivity contribution in [3.05, 3.63) is 0 Å². The molecule has 0 radical (unpaired) electrons. The van der Waals surface area contributed by atoms with Gasteiger partial charge in [-0.2, -0.15) is 0 Å². The third-order valence-electron chi connectivity index (χ3n) is 2.61. The summed E-state index contributed by atoms with van der Waals surface area (Å²) in [6.45, 7) is 0.524. The number of carboxylic acid groups (broad SMARTS) is 1. The Balaban J connectivity index is 2.60. The highest BCUT2D eigenvalue weighted by Crippen LogP contribution is 2.09. The van der Waals surface area contributed by atoms with Crippen LogP contribution in [0.3, 0.4) is 0 Å². The second kappa shape index (κ2) is 6.57. The number of primary amides is 1. The number of urea groups is 1. The highest BCUT2D eigenvalue weighted by atomic mass is 16.4. The van der Waals surface area contributed by atoms with E-state index in [0.29, 0.717) is 0 Å². The summed E-state index contributed by atoms with van der Waals surface area (Å²) in [4.78, 5) is 45.7. The lowest BCUT2D eigenvalue weighted by molar-refractivity contribution is -0.142. The van der Waals surface area contributed by atoms with E-state index in [0.717, 1.165) is 4.90 Å². The second-order valence-corrected chi connectivity index (χ2v) is 4.05. The third-order valence-corrected chi connectivity index (χ3v) is 2.61. The number of nitrogens with two attached hydrogens (primary N) is 1. The highest BCUT2D eigenvalue weighted by molar-refractivity contribution is 5.91. The molecule has 9 nitrogen and oxygen atoms in total. The lowest BCUT2D eigenvalue weighted by atomic mass is 10.1. The Morgan fingerprint density at radius 1 is 1.47 bits per heavy atom. The second-order valence-electron chi connectivity index (χ2n) is 4.05. The maximum atomic E-state index is 11.8. The zero-order chi connectivity index (χ0) is 14.4. The van der Waals surface area contributed by atoms with Crippen molar-refractivity contribution in [1.29, 1.82) is 0 Å². The summed E-state index contributed by atoms with van der Waals surface area (Å²) in [5, 5.41) is 13.7. The molecular formula is C10H16N4O5. The zero-order valence-corrected chi connectivity index (χ0v) is 10.2. The molecule has 106 valence electrons. The maximum Gasteiger partial charge on any atom is 0.318 e. The number of hydrogen-bond acceptors (Lipinski definition) is 4. The van der Waals surface area contributed by atoms with Gasteiger partial charge in [-0.05, 0) is 0 Å². The van der Waals surface area contributed by atoms with Crippen LogP contribution in [0.4, 0.5) is 4.79 Å². The van der Waals surface area contributed by atoms with Crippen LogP contribution in [-0.4, -0.2) is 59.5 Å². The number of nitrogens with one attached hydrogen (secondary N) is 2. The molecule has 1 atom stereocenters. The summed E-state index contributed by atoms with van der Waals surface area (Å²) in [6.07, 6.45) is -0.482. The number of piperazine rings is 1. The molecule has 1 heterocycles. The molecule has 0 bridgehead atoms. The Morgan fingerprint density at radius 2 is 2.16 bits per heavy atom. The molecule has 0 spiro atoms. The smallest absolute Gasteiger partial charge is 0.318 e. The molecule has 1 fully saturated rings. The van der Waals surface area contributed by atoms with Crippen molar-refractivity contribution in [3.63, 3.8) is 0 Å². The van der Waals surface area contributed by atoms with Crippen LogP contribution >= 0.6 is 0 Å². The normalized spacial score (nSPS) is 18.6. The number of hydrogen-bond donors (Lipinski definition) is 4. The van der Waals surface area contributed by atoms with E-state index in [2.05, 4.69) is 10.6 Å². The Labute approximate surface area is 109 Å². The number of nitrogens with zero attached hydrogens (tertiary/aromatic N) is 1. The fourth-order valence-electron chi connectivity index (χ4n) is 1.72. The van der Waals surface area contributed by atoms with Gasteiger partial charge in [0.2, 0.25) is 11.8 Å². The molecule has 19 heavy (non-hydrogen) atoms. The summed E-state index contributed by atoms with van der Waals surface area (Å²) in [5.74, 6) is -2.23. The lowest BCUT2D eigenvalue weighted by Crippen LogP contribution is -2.60. The fraction of sp³-hybridized carbons (Fsp3) is 0.600. The molecular weight excluding hydrogens is 256 g/mol. The van der Waals surface area contributed by atoms with Crippen molar-refractivity contribution in [2.45, 2.75) is 18.9 Å². The molecule has 0 aromatic carbocycles. The van der Waals surface area contributed by atoms with Gasteiger partial charge in [-0.15, -0.1) is 0 Å². The quantitative estimate of drug-likeness (QED) is 0.451. The predicted molar refractivity (Wildman–Crippen MR) is 63.0 cm³/mol. The van der Waals surface area contributed by atoms with E-state index < -0.39 is 36.3 Å². The molecule has 1 unspecified atom stereocenters. The first-order valence-electron chi connectivity index (χ1n) is 5.74. The number of carbonyl (C=O) groups excluding carboxylic acids is 3. The molecule has 0 saturated carbocycles. The zero-order valence-electron chi connectivity index (χ0n) is 10.2. The van der Waals surface area contributed by atoms with Crippen LogP contribution in [0.2, 0.25) is 0 Å². The molecule has 1 aliphatic heterocycles. The molecule has 9 heteroatoms. The van der Waals surface area contributed by atoms with Crippen LogP contribution in [0.25, 0.3) is 0 Å². The molecule has 5 N–H and O–H groups in total. The van der Waals surface area contributed by atoms with Gasteiger partial charge in [-0.3, -0.25) is 14.4 Å². The van der Waals surface area contributed by atoms with Gasteiger partial charge in [0.1, 0.15) is 6.04 Å². The van der Waals surface area contributed by atoms with Crippen molar-refractivity contribution < 1.29 is 24.3 Å². The Kier molecular flexibility index (Phi) is 5.10. The van der Waals surface area contributed by atoms with Gasteiger partial charge in [0.25, 0.3) is 0 Å².